The van der Waals surface area contributed by atoms with Gasteiger partial charge in [-0.2, -0.15) is 0 Å². The second-order valence-corrected chi connectivity index (χ2v) is 6.69. The van der Waals surface area contributed by atoms with Crippen LogP contribution in [0.25, 0.3) is 0 Å². The Labute approximate surface area is 160 Å². The zero-order chi connectivity index (χ0) is 18.7. The number of rotatable bonds is 4. The van der Waals surface area contributed by atoms with Crippen molar-refractivity contribution in [1.82, 2.24) is 4.98 Å². The van der Waals surface area contributed by atoms with E-state index in [4.69, 9.17) is 10.5 Å². The first kappa shape index (κ1) is 17.9. The number of nitrogens with two attached hydrogens (primary N) is 1. The number of halogens is 1. The van der Waals surface area contributed by atoms with Crippen molar-refractivity contribution in [2.24, 2.45) is 0 Å². The Morgan fingerprint density at radius 3 is 2.50 bits per heavy atom. The molecule has 0 saturated heterocycles. The molecule has 0 unspecified atom stereocenters. The number of anilines is 2. The van der Waals surface area contributed by atoms with Gasteiger partial charge in [0.25, 0.3) is 5.91 Å². The van der Waals surface area contributed by atoms with Gasteiger partial charge in [-0.1, -0.05) is 12.1 Å². The van der Waals surface area contributed by atoms with Crippen LogP contribution in [0.5, 0.6) is 11.5 Å². The maximum atomic E-state index is 12.5. The molecule has 6 heteroatoms. The number of amides is 1. The Balaban J connectivity index is 1.72. The summed E-state index contributed by atoms with van der Waals surface area (Å²) in [6.07, 6.45) is 0. The fourth-order valence-electron chi connectivity index (χ4n) is 2.37. The first-order valence-electron chi connectivity index (χ1n) is 8.01. The number of nitrogens with zero attached hydrogens (tertiary/aromatic N) is 1. The normalized spacial score (nSPS) is 10.4. The predicted octanol–water partition coefficient (Wildman–Crippen LogP) is 5.09. The quantitative estimate of drug-likeness (QED) is 0.626. The largest absolute Gasteiger partial charge is 0.456 e. The number of nitrogen functional groups attached to an aromatic ring is 1. The third-order valence-electron chi connectivity index (χ3n) is 3.92. The molecule has 5 nitrogen and oxygen atoms in total. The van der Waals surface area contributed by atoms with Gasteiger partial charge in [-0.05, 0) is 77.8 Å². The maximum absolute atomic E-state index is 12.5. The lowest BCUT2D eigenvalue weighted by Crippen LogP contribution is -2.15. The molecule has 0 saturated carbocycles. The van der Waals surface area contributed by atoms with Crippen LogP contribution in [0.3, 0.4) is 0 Å². The first-order valence-corrected chi connectivity index (χ1v) is 8.81. The molecule has 1 heterocycles. The number of hydrogen-bond acceptors (Lipinski definition) is 4. The van der Waals surface area contributed by atoms with E-state index in [1.54, 1.807) is 30.3 Å². The Morgan fingerprint density at radius 1 is 1.12 bits per heavy atom. The molecule has 0 aliphatic rings. The summed E-state index contributed by atoms with van der Waals surface area (Å²) in [5.74, 6) is 1.32. The van der Waals surface area contributed by atoms with Gasteiger partial charge in [0.05, 0.1) is 10.0 Å². The van der Waals surface area contributed by atoms with E-state index < -0.39 is 0 Å². The molecular weight excluding hydrogens is 394 g/mol. The molecule has 3 aromatic rings. The van der Waals surface area contributed by atoms with E-state index in [0.29, 0.717) is 17.0 Å². The highest BCUT2D eigenvalue weighted by Crippen LogP contribution is 2.29. The molecule has 0 atom stereocenters. The van der Waals surface area contributed by atoms with Crippen LogP contribution in [-0.4, -0.2) is 10.9 Å². The molecule has 26 heavy (non-hydrogen) atoms. The fraction of sp³-hybridized carbons (Fsp3) is 0.100. The van der Waals surface area contributed by atoms with E-state index in [1.165, 1.54) is 0 Å². The average Bonchev–Trinajstić information content (AvgIpc) is 2.61. The maximum Gasteiger partial charge on any atom is 0.259 e. The van der Waals surface area contributed by atoms with Crippen molar-refractivity contribution in [2.75, 3.05) is 11.1 Å². The highest BCUT2D eigenvalue weighted by Gasteiger charge is 2.13. The van der Waals surface area contributed by atoms with Gasteiger partial charge in [0.2, 0.25) is 0 Å². The molecule has 0 spiro atoms. The topological polar surface area (TPSA) is 77.2 Å². The van der Waals surface area contributed by atoms with Gasteiger partial charge in [-0.25, -0.2) is 4.98 Å². The summed E-state index contributed by atoms with van der Waals surface area (Å²) in [7, 11) is 0. The summed E-state index contributed by atoms with van der Waals surface area (Å²) in [6.45, 7) is 3.75. The first-order chi connectivity index (χ1) is 12.4. The minimum Gasteiger partial charge on any atom is -0.456 e. The highest BCUT2D eigenvalue weighted by molar-refractivity contribution is 9.10. The molecular formula is C20H18BrN3O2. The van der Waals surface area contributed by atoms with Crippen LogP contribution in [0.4, 0.5) is 11.5 Å². The minimum atomic E-state index is -0.294. The highest BCUT2D eigenvalue weighted by atomic mass is 79.9. The molecule has 3 rings (SSSR count). The van der Waals surface area contributed by atoms with Crippen molar-refractivity contribution in [3.63, 3.8) is 0 Å². The number of carbonyl (C=O) groups excluding carboxylic acids is 1. The molecule has 1 aromatic heterocycles. The Hall–Kier alpha value is -2.86. The number of carbonyl (C=O) groups is 1. The van der Waals surface area contributed by atoms with E-state index in [1.807, 2.05) is 38.1 Å². The van der Waals surface area contributed by atoms with E-state index >= 15 is 0 Å². The summed E-state index contributed by atoms with van der Waals surface area (Å²) in [6, 6.07) is 16.5. The Bertz CT molecular complexity index is 956. The standard InChI is InChI=1S/C20H18BrN3O2/c1-12-11-16(19(22)23-13(12)2)20(25)24-14-7-9-15(10-8-14)26-18-6-4-3-5-17(18)21/h3-11H,1-2H3,(H2,22,23)(H,24,25). The third kappa shape index (κ3) is 4.03. The van der Waals surface area contributed by atoms with Crippen molar-refractivity contribution in [3.05, 3.63) is 75.9 Å². The van der Waals surface area contributed by atoms with E-state index in [-0.39, 0.29) is 11.7 Å². The number of pyridine rings is 1. The monoisotopic (exact) mass is 411 g/mol. The number of para-hydroxylation sites is 1. The molecule has 0 fully saturated rings. The number of nitrogens with one attached hydrogen (secondary N) is 1. The molecule has 2 aromatic carbocycles. The van der Waals surface area contributed by atoms with Gasteiger partial charge in [0.1, 0.15) is 17.3 Å². The number of benzene rings is 2. The molecule has 3 N–H and O–H groups in total. The van der Waals surface area contributed by atoms with Crippen molar-refractivity contribution in [1.29, 1.82) is 0 Å². The van der Waals surface area contributed by atoms with Crippen molar-refractivity contribution in [3.8, 4) is 11.5 Å². The van der Waals surface area contributed by atoms with Gasteiger partial charge in [-0.15, -0.1) is 0 Å². The van der Waals surface area contributed by atoms with E-state index in [9.17, 15) is 4.79 Å². The lowest BCUT2D eigenvalue weighted by molar-refractivity contribution is 0.102. The van der Waals surface area contributed by atoms with Crippen LogP contribution in [-0.2, 0) is 0 Å². The van der Waals surface area contributed by atoms with Gasteiger partial charge >= 0.3 is 0 Å². The third-order valence-corrected chi connectivity index (χ3v) is 4.57. The van der Waals surface area contributed by atoms with E-state index in [0.717, 1.165) is 21.5 Å². The minimum absolute atomic E-state index is 0.222. The van der Waals surface area contributed by atoms with Gasteiger partial charge < -0.3 is 15.8 Å². The summed E-state index contributed by atoms with van der Waals surface area (Å²) in [5.41, 5.74) is 8.61. The van der Waals surface area contributed by atoms with Crippen molar-refractivity contribution < 1.29 is 9.53 Å². The van der Waals surface area contributed by atoms with Crippen LogP contribution in [0.15, 0.2) is 59.1 Å². The van der Waals surface area contributed by atoms with E-state index in [2.05, 4.69) is 26.2 Å². The van der Waals surface area contributed by atoms with Crippen LogP contribution in [0.2, 0.25) is 0 Å². The van der Waals surface area contributed by atoms with Gasteiger partial charge in [0.15, 0.2) is 0 Å². The molecule has 0 aliphatic carbocycles. The zero-order valence-electron chi connectivity index (χ0n) is 14.4. The van der Waals surface area contributed by atoms with Gasteiger partial charge in [-0.3, -0.25) is 4.79 Å². The summed E-state index contributed by atoms with van der Waals surface area (Å²) in [5, 5.41) is 2.82. The molecule has 1 amide bonds. The lowest BCUT2D eigenvalue weighted by Gasteiger charge is -2.11. The average molecular weight is 412 g/mol. The van der Waals surface area contributed by atoms with Crippen LogP contribution in [0, 0.1) is 13.8 Å². The second kappa shape index (κ2) is 7.58. The Kier molecular flexibility index (Phi) is 5.23. The second-order valence-electron chi connectivity index (χ2n) is 5.83. The van der Waals surface area contributed by atoms with Crippen LogP contribution in [0.1, 0.15) is 21.6 Å². The number of aromatic nitrogens is 1. The summed E-state index contributed by atoms with van der Waals surface area (Å²) in [4.78, 5) is 16.6. The number of hydrogen-bond donors (Lipinski definition) is 2. The molecule has 0 radical (unpaired) electrons. The van der Waals surface area contributed by atoms with Crippen LogP contribution >= 0.6 is 15.9 Å². The van der Waals surface area contributed by atoms with Gasteiger partial charge in [0, 0.05) is 11.4 Å². The Morgan fingerprint density at radius 2 is 1.81 bits per heavy atom. The zero-order valence-corrected chi connectivity index (χ0v) is 16.0. The van der Waals surface area contributed by atoms with Crippen LogP contribution < -0.4 is 15.8 Å². The molecule has 0 aliphatic heterocycles. The van der Waals surface area contributed by atoms with Crippen molar-refractivity contribution in [2.45, 2.75) is 13.8 Å². The number of aryl methyl sites for hydroxylation is 2. The summed E-state index contributed by atoms with van der Waals surface area (Å²) < 4.78 is 6.68. The predicted molar refractivity (Wildman–Crippen MR) is 107 cm³/mol. The molecule has 0 bridgehead atoms. The summed E-state index contributed by atoms with van der Waals surface area (Å²) >= 11 is 3.44. The molecule has 132 valence electrons. The fourth-order valence-corrected chi connectivity index (χ4v) is 2.73. The number of ether oxygens (including phenoxy) is 1. The smallest absolute Gasteiger partial charge is 0.259 e. The van der Waals surface area contributed by atoms with Crippen molar-refractivity contribution >= 4 is 33.3 Å². The lowest BCUT2D eigenvalue weighted by atomic mass is 10.1. The SMILES string of the molecule is Cc1cc(C(=O)Nc2ccc(Oc3ccccc3Br)cc2)c(N)nc1C.